The molecule has 2 heterocycles. The van der Waals surface area contributed by atoms with Gasteiger partial charge in [0.05, 0.1) is 0 Å². The SMILES string of the molecule is O=C(NCCc1ccccc1Br)C1CCN(S(=O)(=O)c2cccnc2Cl)CC1. The molecule has 1 aliphatic heterocycles. The molecule has 1 aromatic heterocycles. The number of rotatable bonds is 6. The van der Waals surface area contributed by atoms with Gasteiger partial charge in [0.25, 0.3) is 0 Å². The van der Waals surface area contributed by atoms with E-state index in [0.29, 0.717) is 19.4 Å². The minimum Gasteiger partial charge on any atom is -0.356 e. The summed E-state index contributed by atoms with van der Waals surface area (Å²) in [6.45, 7) is 1.12. The lowest BCUT2D eigenvalue weighted by Gasteiger charge is -2.30. The predicted octanol–water partition coefficient (Wildman–Crippen LogP) is 3.26. The summed E-state index contributed by atoms with van der Waals surface area (Å²) in [5, 5.41) is 2.93. The maximum absolute atomic E-state index is 12.7. The van der Waals surface area contributed by atoms with Gasteiger partial charge in [-0.3, -0.25) is 4.79 Å². The van der Waals surface area contributed by atoms with E-state index in [2.05, 4.69) is 26.2 Å². The van der Waals surface area contributed by atoms with Crippen molar-refractivity contribution in [3.05, 3.63) is 57.8 Å². The number of pyridine rings is 1. The molecule has 9 heteroatoms. The van der Waals surface area contributed by atoms with Gasteiger partial charge in [0.15, 0.2) is 0 Å². The minimum absolute atomic E-state index is 0.00741. The first-order chi connectivity index (χ1) is 13.4. The second kappa shape index (κ2) is 9.35. The molecule has 0 radical (unpaired) electrons. The van der Waals surface area contributed by atoms with E-state index in [-0.39, 0.29) is 35.0 Å². The Hall–Kier alpha value is -1.48. The molecule has 2 aromatic rings. The first kappa shape index (κ1) is 21.2. The van der Waals surface area contributed by atoms with Crippen LogP contribution < -0.4 is 5.32 Å². The predicted molar refractivity (Wildman–Crippen MR) is 112 cm³/mol. The quantitative estimate of drug-likeness (QED) is 0.636. The first-order valence-corrected chi connectivity index (χ1v) is 11.6. The second-order valence-corrected chi connectivity index (χ2v) is 9.72. The number of piperidine rings is 1. The van der Waals surface area contributed by atoms with Gasteiger partial charge in [-0.05, 0) is 43.0 Å². The van der Waals surface area contributed by atoms with E-state index in [1.165, 1.54) is 16.6 Å². The van der Waals surface area contributed by atoms with E-state index in [4.69, 9.17) is 11.6 Å². The van der Waals surface area contributed by atoms with E-state index in [1.54, 1.807) is 6.07 Å². The fraction of sp³-hybridized carbons (Fsp3) is 0.368. The van der Waals surface area contributed by atoms with Crippen molar-refractivity contribution in [1.82, 2.24) is 14.6 Å². The van der Waals surface area contributed by atoms with Crippen molar-refractivity contribution >= 4 is 43.5 Å². The van der Waals surface area contributed by atoms with Gasteiger partial charge in [-0.2, -0.15) is 4.31 Å². The van der Waals surface area contributed by atoms with Crippen LogP contribution in [0.1, 0.15) is 18.4 Å². The molecular weight excluding hydrogens is 466 g/mol. The molecule has 150 valence electrons. The molecule has 0 atom stereocenters. The Morgan fingerprint density at radius 3 is 2.61 bits per heavy atom. The standard InChI is InChI=1S/C19H21BrClN3O3S/c20-16-5-2-1-4-14(16)7-11-23-19(25)15-8-12-24(13-9-15)28(26,27)17-6-3-10-22-18(17)21/h1-6,10,15H,7-9,11-13H2,(H,23,25). The van der Waals surface area contributed by atoms with Crippen LogP contribution in [0, 0.1) is 5.92 Å². The van der Waals surface area contributed by atoms with Gasteiger partial charge in [0, 0.05) is 36.2 Å². The summed E-state index contributed by atoms with van der Waals surface area (Å²) < 4.78 is 27.9. The highest BCUT2D eigenvalue weighted by Gasteiger charge is 2.33. The Bertz CT molecular complexity index is 947. The summed E-state index contributed by atoms with van der Waals surface area (Å²) in [6, 6.07) is 10.9. The van der Waals surface area contributed by atoms with Crippen molar-refractivity contribution in [3.63, 3.8) is 0 Å². The van der Waals surface area contributed by atoms with Crippen LogP contribution in [0.3, 0.4) is 0 Å². The molecule has 6 nitrogen and oxygen atoms in total. The fourth-order valence-corrected chi connectivity index (χ4v) is 5.61. The molecule has 0 aliphatic carbocycles. The summed E-state index contributed by atoms with van der Waals surface area (Å²) in [5.41, 5.74) is 1.14. The summed E-state index contributed by atoms with van der Waals surface area (Å²) in [5.74, 6) is -0.210. The van der Waals surface area contributed by atoms with Gasteiger partial charge in [-0.25, -0.2) is 13.4 Å². The average Bonchev–Trinajstić information content (AvgIpc) is 2.69. The first-order valence-electron chi connectivity index (χ1n) is 9.01. The average molecular weight is 487 g/mol. The van der Waals surface area contributed by atoms with Crippen molar-refractivity contribution in [2.75, 3.05) is 19.6 Å². The second-order valence-electron chi connectivity index (χ2n) is 6.60. The molecule has 28 heavy (non-hydrogen) atoms. The Morgan fingerprint density at radius 2 is 1.93 bits per heavy atom. The van der Waals surface area contributed by atoms with Crippen LogP contribution in [0.15, 0.2) is 52.0 Å². The fourth-order valence-electron chi connectivity index (χ4n) is 3.23. The van der Waals surface area contributed by atoms with Crippen molar-refractivity contribution in [2.45, 2.75) is 24.2 Å². The number of benzene rings is 1. The molecule has 1 aliphatic rings. The lowest BCUT2D eigenvalue weighted by atomic mass is 9.97. The van der Waals surface area contributed by atoms with Gasteiger partial charge in [-0.15, -0.1) is 0 Å². The van der Waals surface area contributed by atoms with Crippen LogP contribution in [0.5, 0.6) is 0 Å². The lowest BCUT2D eigenvalue weighted by Crippen LogP contribution is -2.43. The van der Waals surface area contributed by atoms with Crippen molar-refractivity contribution in [3.8, 4) is 0 Å². The van der Waals surface area contributed by atoms with Crippen LogP contribution in [0.25, 0.3) is 0 Å². The molecule has 1 N–H and O–H groups in total. The number of sulfonamides is 1. The number of aromatic nitrogens is 1. The summed E-state index contributed by atoms with van der Waals surface area (Å²) >= 11 is 9.44. The van der Waals surface area contributed by atoms with Gasteiger partial charge in [0.1, 0.15) is 10.0 Å². The molecule has 0 unspecified atom stereocenters. The molecular formula is C19H21BrClN3O3S. The van der Waals surface area contributed by atoms with Crippen LogP contribution >= 0.6 is 27.5 Å². The number of hydrogen-bond donors (Lipinski definition) is 1. The molecule has 0 saturated carbocycles. The van der Waals surface area contributed by atoms with Crippen LogP contribution in [0.2, 0.25) is 5.15 Å². The minimum atomic E-state index is -3.70. The smallest absolute Gasteiger partial charge is 0.246 e. The third-order valence-electron chi connectivity index (χ3n) is 4.82. The van der Waals surface area contributed by atoms with Crippen LogP contribution in [-0.4, -0.2) is 43.2 Å². The normalized spacial score (nSPS) is 16.1. The number of nitrogens with one attached hydrogen (secondary N) is 1. The highest BCUT2D eigenvalue weighted by Crippen LogP contribution is 2.27. The number of hydrogen-bond acceptors (Lipinski definition) is 4. The summed E-state index contributed by atoms with van der Waals surface area (Å²) in [6.07, 6.45) is 3.15. The summed E-state index contributed by atoms with van der Waals surface area (Å²) in [4.78, 5) is 16.3. The van der Waals surface area contributed by atoms with Crippen molar-refractivity contribution < 1.29 is 13.2 Å². The molecule has 0 spiro atoms. The maximum atomic E-state index is 12.7. The number of amides is 1. The third-order valence-corrected chi connectivity index (χ3v) is 7.94. The molecule has 3 rings (SSSR count). The highest BCUT2D eigenvalue weighted by atomic mass is 79.9. The van der Waals surface area contributed by atoms with Crippen molar-refractivity contribution in [2.24, 2.45) is 5.92 Å². The van der Waals surface area contributed by atoms with Gasteiger partial charge < -0.3 is 5.32 Å². The van der Waals surface area contributed by atoms with Crippen molar-refractivity contribution in [1.29, 1.82) is 0 Å². The number of halogens is 2. The Balaban J connectivity index is 1.51. The topological polar surface area (TPSA) is 79.4 Å². The van der Waals surface area contributed by atoms with Gasteiger partial charge >= 0.3 is 0 Å². The Morgan fingerprint density at radius 1 is 1.21 bits per heavy atom. The molecule has 1 fully saturated rings. The van der Waals surface area contributed by atoms with E-state index in [1.807, 2.05) is 24.3 Å². The lowest BCUT2D eigenvalue weighted by molar-refractivity contribution is -0.126. The maximum Gasteiger partial charge on any atom is 0.246 e. The zero-order valence-corrected chi connectivity index (χ0v) is 18.3. The molecule has 1 amide bonds. The van der Waals surface area contributed by atoms with E-state index in [0.717, 1.165) is 16.5 Å². The Labute approximate surface area is 178 Å². The zero-order valence-electron chi connectivity index (χ0n) is 15.1. The monoisotopic (exact) mass is 485 g/mol. The zero-order chi connectivity index (χ0) is 20.1. The van der Waals surface area contributed by atoms with Gasteiger partial charge in [-0.1, -0.05) is 45.7 Å². The molecule has 0 bridgehead atoms. The van der Waals surface area contributed by atoms with Gasteiger partial charge in [0.2, 0.25) is 15.9 Å². The number of carbonyl (C=O) groups is 1. The van der Waals surface area contributed by atoms with Crippen LogP contribution in [-0.2, 0) is 21.2 Å². The highest BCUT2D eigenvalue weighted by molar-refractivity contribution is 9.10. The van der Waals surface area contributed by atoms with E-state index < -0.39 is 10.0 Å². The largest absolute Gasteiger partial charge is 0.356 e. The molecule has 1 aromatic carbocycles. The Kier molecular flexibility index (Phi) is 7.09. The number of carbonyl (C=O) groups excluding carboxylic acids is 1. The van der Waals surface area contributed by atoms with E-state index >= 15 is 0 Å². The van der Waals surface area contributed by atoms with Crippen LogP contribution in [0.4, 0.5) is 0 Å². The third kappa shape index (κ3) is 4.92. The molecule has 1 saturated heterocycles. The number of nitrogens with zero attached hydrogens (tertiary/aromatic N) is 2. The van der Waals surface area contributed by atoms with E-state index in [9.17, 15) is 13.2 Å². The summed E-state index contributed by atoms with van der Waals surface area (Å²) in [7, 11) is -3.70.